The predicted octanol–water partition coefficient (Wildman–Crippen LogP) is -0.238. The van der Waals surface area contributed by atoms with Crippen molar-refractivity contribution in [3.8, 4) is 17.6 Å². The second kappa shape index (κ2) is 4.85. The molecule has 0 aliphatic heterocycles. The van der Waals surface area contributed by atoms with Gasteiger partial charge in [0, 0.05) is 0 Å². The number of aliphatic imine (C=N–C) groups is 1. The Bertz CT molecular complexity index is 467. The van der Waals surface area contributed by atoms with E-state index in [9.17, 15) is 19.8 Å². The van der Waals surface area contributed by atoms with E-state index in [2.05, 4.69) is 15.0 Å². The fourth-order valence-corrected chi connectivity index (χ4v) is 0.874. The van der Waals surface area contributed by atoms with Crippen LogP contribution in [0.1, 0.15) is 17.4 Å². The zero-order valence-corrected chi connectivity index (χ0v) is 8.17. The van der Waals surface area contributed by atoms with Gasteiger partial charge < -0.3 is 14.9 Å². The van der Waals surface area contributed by atoms with Gasteiger partial charge in [0.25, 0.3) is 11.8 Å². The molecular formula is C8H7N3O5. The third kappa shape index (κ3) is 2.31. The number of hydrogen-bond acceptors (Lipinski definition) is 7. The minimum absolute atomic E-state index is 0.178. The molecule has 0 aromatic carbocycles. The standard InChI is InChI=1S/C8H7N3O5/c1-2-16-8-7(15)11-6(14)4(10-8)5(13)9-3-12/h2H2,1H3,(H2,11,14,15). The van der Waals surface area contributed by atoms with E-state index in [4.69, 9.17) is 4.74 Å². The second-order valence-electron chi connectivity index (χ2n) is 2.47. The van der Waals surface area contributed by atoms with Crippen LogP contribution in [0.15, 0.2) is 4.99 Å². The third-order valence-electron chi connectivity index (χ3n) is 1.46. The first kappa shape index (κ1) is 11.6. The fourth-order valence-electron chi connectivity index (χ4n) is 0.874. The van der Waals surface area contributed by atoms with Gasteiger partial charge in [0.15, 0.2) is 5.69 Å². The van der Waals surface area contributed by atoms with Gasteiger partial charge in [-0.2, -0.15) is 9.97 Å². The molecule has 0 atom stereocenters. The Labute approximate surface area is 89.3 Å². The van der Waals surface area contributed by atoms with Crippen molar-refractivity contribution in [1.29, 1.82) is 0 Å². The van der Waals surface area contributed by atoms with Crippen LogP contribution in [0.25, 0.3) is 0 Å². The van der Waals surface area contributed by atoms with E-state index in [1.165, 1.54) is 0 Å². The average Bonchev–Trinajstić information content (AvgIpc) is 2.22. The van der Waals surface area contributed by atoms with E-state index in [-0.39, 0.29) is 12.5 Å². The molecule has 0 unspecified atom stereocenters. The summed E-state index contributed by atoms with van der Waals surface area (Å²) in [6.45, 7) is 1.80. The lowest BCUT2D eigenvalue weighted by atomic mass is 10.4. The van der Waals surface area contributed by atoms with Crippen molar-refractivity contribution in [2.45, 2.75) is 6.92 Å². The minimum Gasteiger partial charge on any atom is -0.492 e. The summed E-state index contributed by atoms with van der Waals surface area (Å²) < 4.78 is 4.83. The van der Waals surface area contributed by atoms with E-state index in [0.29, 0.717) is 0 Å². The Balaban J connectivity index is 3.23. The Hall–Kier alpha value is -2.47. The molecule has 84 valence electrons. The van der Waals surface area contributed by atoms with Crippen molar-refractivity contribution >= 4 is 12.0 Å². The van der Waals surface area contributed by atoms with Gasteiger partial charge in [0.1, 0.15) is 0 Å². The molecule has 1 aromatic heterocycles. The summed E-state index contributed by atoms with van der Waals surface area (Å²) in [6.07, 6.45) is 1.00. The molecule has 0 fully saturated rings. The molecule has 0 saturated heterocycles. The molecular weight excluding hydrogens is 218 g/mol. The van der Waals surface area contributed by atoms with E-state index < -0.39 is 23.4 Å². The van der Waals surface area contributed by atoms with Crippen LogP contribution in [-0.2, 0) is 4.79 Å². The van der Waals surface area contributed by atoms with Crippen molar-refractivity contribution in [3.05, 3.63) is 5.69 Å². The first-order valence-electron chi connectivity index (χ1n) is 4.15. The van der Waals surface area contributed by atoms with Gasteiger partial charge in [0.2, 0.25) is 12.0 Å². The van der Waals surface area contributed by atoms with Crippen LogP contribution >= 0.6 is 0 Å². The number of rotatable bonds is 3. The Morgan fingerprint density at radius 1 is 1.44 bits per heavy atom. The van der Waals surface area contributed by atoms with Crippen LogP contribution < -0.4 is 4.74 Å². The maximum absolute atomic E-state index is 11.1. The largest absolute Gasteiger partial charge is 0.492 e. The highest BCUT2D eigenvalue weighted by atomic mass is 16.5. The van der Waals surface area contributed by atoms with E-state index in [0.717, 1.165) is 6.08 Å². The molecule has 0 spiro atoms. The number of amides is 1. The third-order valence-corrected chi connectivity index (χ3v) is 1.46. The highest BCUT2D eigenvalue weighted by Crippen LogP contribution is 2.25. The van der Waals surface area contributed by atoms with Gasteiger partial charge in [0.05, 0.1) is 6.61 Å². The maximum Gasteiger partial charge on any atom is 0.312 e. The lowest BCUT2D eigenvalue weighted by Crippen LogP contribution is -2.04. The summed E-state index contributed by atoms with van der Waals surface area (Å²) in [7, 11) is 0. The molecule has 0 saturated carbocycles. The van der Waals surface area contributed by atoms with Crippen LogP contribution in [-0.4, -0.2) is 38.8 Å². The highest BCUT2D eigenvalue weighted by molar-refractivity contribution is 5.97. The molecule has 1 amide bonds. The van der Waals surface area contributed by atoms with E-state index in [1.54, 1.807) is 6.92 Å². The number of aromatic hydroxyl groups is 2. The van der Waals surface area contributed by atoms with E-state index >= 15 is 0 Å². The SMILES string of the molecule is CCOc1nc(C(=O)N=C=O)c(O)nc1O. The topological polar surface area (TPSA) is 122 Å². The first-order valence-corrected chi connectivity index (χ1v) is 4.15. The minimum atomic E-state index is -1.12. The zero-order valence-electron chi connectivity index (χ0n) is 8.17. The van der Waals surface area contributed by atoms with Crippen LogP contribution in [0.3, 0.4) is 0 Å². The Kier molecular flexibility index (Phi) is 3.52. The summed E-state index contributed by atoms with van der Waals surface area (Å²) in [6, 6.07) is 0. The van der Waals surface area contributed by atoms with Crippen molar-refractivity contribution in [3.63, 3.8) is 0 Å². The normalized spacial score (nSPS) is 9.31. The molecule has 1 aromatic rings. The lowest BCUT2D eigenvalue weighted by Gasteiger charge is -2.05. The molecule has 0 radical (unpaired) electrons. The van der Waals surface area contributed by atoms with Crippen molar-refractivity contribution in [1.82, 2.24) is 9.97 Å². The Morgan fingerprint density at radius 2 is 2.12 bits per heavy atom. The number of ether oxygens (including phenoxy) is 1. The molecule has 1 rings (SSSR count). The maximum atomic E-state index is 11.1. The van der Waals surface area contributed by atoms with Crippen LogP contribution in [0.2, 0.25) is 0 Å². The monoisotopic (exact) mass is 225 g/mol. The Morgan fingerprint density at radius 3 is 2.69 bits per heavy atom. The number of nitrogens with zero attached hydrogens (tertiary/aromatic N) is 3. The van der Waals surface area contributed by atoms with Gasteiger partial charge in [-0.1, -0.05) is 0 Å². The summed E-state index contributed by atoms with van der Waals surface area (Å²) in [5, 5.41) is 18.4. The van der Waals surface area contributed by atoms with Crippen molar-refractivity contribution in [2.75, 3.05) is 6.61 Å². The zero-order chi connectivity index (χ0) is 12.1. The molecule has 1 heterocycles. The quantitative estimate of drug-likeness (QED) is 0.537. The number of isocyanates is 1. The fraction of sp³-hybridized carbons (Fsp3) is 0.250. The van der Waals surface area contributed by atoms with Crippen molar-refractivity contribution < 1.29 is 24.5 Å². The van der Waals surface area contributed by atoms with Gasteiger partial charge >= 0.3 is 5.91 Å². The molecule has 0 bridgehead atoms. The molecule has 0 aliphatic carbocycles. The summed E-state index contributed by atoms with van der Waals surface area (Å²) in [5.74, 6) is -2.96. The summed E-state index contributed by atoms with van der Waals surface area (Å²) in [5.41, 5.74) is -0.593. The first-order chi connectivity index (χ1) is 7.60. The molecule has 0 aliphatic rings. The van der Waals surface area contributed by atoms with Gasteiger partial charge in [-0.25, -0.2) is 4.79 Å². The van der Waals surface area contributed by atoms with Gasteiger partial charge in [-0.05, 0) is 6.92 Å². The number of aromatic nitrogens is 2. The molecule has 8 heteroatoms. The molecule has 2 N–H and O–H groups in total. The van der Waals surface area contributed by atoms with E-state index in [1.807, 2.05) is 0 Å². The van der Waals surface area contributed by atoms with Crippen LogP contribution in [0.5, 0.6) is 17.6 Å². The molecule has 8 nitrogen and oxygen atoms in total. The van der Waals surface area contributed by atoms with Gasteiger partial charge in [-0.15, -0.1) is 4.99 Å². The summed E-state index contributed by atoms with van der Waals surface area (Å²) in [4.78, 5) is 30.4. The number of carbonyl (C=O) groups excluding carboxylic acids is 2. The molecule has 16 heavy (non-hydrogen) atoms. The summed E-state index contributed by atoms with van der Waals surface area (Å²) >= 11 is 0. The lowest BCUT2D eigenvalue weighted by molar-refractivity contribution is 0.0993. The predicted molar refractivity (Wildman–Crippen MR) is 49.0 cm³/mol. The second-order valence-corrected chi connectivity index (χ2v) is 2.47. The average molecular weight is 225 g/mol. The van der Waals surface area contributed by atoms with Gasteiger partial charge in [-0.3, -0.25) is 4.79 Å². The highest BCUT2D eigenvalue weighted by Gasteiger charge is 2.19. The van der Waals surface area contributed by atoms with Crippen LogP contribution in [0.4, 0.5) is 0 Å². The van der Waals surface area contributed by atoms with Crippen molar-refractivity contribution in [2.24, 2.45) is 4.99 Å². The number of carbonyl (C=O) groups is 1. The van der Waals surface area contributed by atoms with Crippen LogP contribution in [0, 0.1) is 0 Å². The smallest absolute Gasteiger partial charge is 0.312 e. The number of hydrogen-bond donors (Lipinski definition) is 2.